The van der Waals surface area contributed by atoms with E-state index in [2.05, 4.69) is 41.3 Å². The number of ketones is 1. The monoisotopic (exact) mass is 644 g/mol. The number of likely N-dealkylation sites (tertiary alicyclic amines) is 1. The van der Waals surface area contributed by atoms with Crippen LogP contribution in [0.4, 0.5) is 5.82 Å². The van der Waals surface area contributed by atoms with Gasteiger partial charge in [-0.1, -0.05) is 6.07 Å². The number of rotatable bonds is 7. The molecule has 3 aromatic heterocycles. The number of Topliss-reactive ketones (excluding diaryl/α,β-unsaturated/α-hetero) is 1. The van der Waals surface area contributed by atoms with Crippen molar-refractivity contribution in [1.82, 2.24) is 29.6 Å². The molecule has 43 heavy (non-hydrogen) atoms. The normalized spacial score (nSPS) is 20.6. The van der Waals surface area contributed by atoms with Gasteiger partial charge in [0.05, 0.1) is 10.9 Å². The zero-order valence-electron chi connectivity index (χ0n) is 24.0. The summed E-state index contributed by atoms with van der Waals surface area (Å²) >= 11 is 3.32. The Bertz CT molecular complexity index is 1850. The summed E-state index contributed by atoms with van der Waals surface area (Å²) in [7, 11) is 0. The zero-order valence-corrected chi connectivity index (χ0v) is 25.6. The maximum atomic E-state index is 14.0. The second-order valence-electron chi connectivity index (χ2n) is 11.3. The number of carbonyl (C=O) groups excluding carboxylic acids is 4. The predicted octanol–water partition coefficient (Wildman–Crippen LogP) is 3.26. The summed E-state index contributed by atoms with van der Waals surface area (Å²) in [6.07, 6.45) is 3.95. The number of fused-ring (bicyclic) bond motifs is 2. The van der Waals surface area contributed by atoms with Gasteiger partial charge in [-0.2, -0.15) is 5.10 Å². The Morgan fingerprint density at radius 3 is 2.44 bits per heavy atom. The quantitative estimate of drug-likeness (QED) is 0.228. The van der Waals surface area contributed by atoms with Crippen LogP contribution in [-0.2, 0) is 20.9 Å². The van der Waals surface area contributed by atoms with E-state index >= 15 is 0 Å². The lowest BCUT2D eigenvalue weighted by molar-refractivity contribution is -0.138. The highest BCUT2D eigenvalue weighted by atomic mass is 79.9. The van der Waals surface area contributed by atoms with Gasteiger partial charge in [0.25, 0.3) is 0 Å². The van der Waals surface area contributed by atoms with Crippen LogP contribution in [0.15, 0.2) is 41.3 Å². The van der Waals surface area contributed by atoms with E-state index in [1.807, 2.05) is 32.0 Å². The van der Waals surface area contributed by atoms with E-state index in [0.29, 0.717) is 33.6 Å². The first kappa shape index (κ1) is 28.6. The number of amides is 3. The maximum absolute atomic E-state index is 14.0. The van der Waals surface area contributed by atoms with Crippen LogP contribution in [0.2, 0.25) is 0 Å². The lowest BCUT2D eigenvalue weighted by Crippen LogP contribution is -2.47. The van der Waals surface area contributed by atoms with Crippen molar-refractivity contribution >= 4 is 56.2 Å². The summed E-state index contributed by atoms with van der Waals surface area (Å²) in [5.74, 6) is -0.641. The molecule has 13 heteroatoms. The van der Waals surface area contributed by atoms with Gasteiger partial charge < -0.3 is 16.0 Å². The van der Waals surface area contributed by atoms with Gasteiger partial charge in [-0.05, 0) is 84.4 Å². The molecule has 0 bridgehead atoms. The second-order valence-corrected chi connectivity index (χ2v) is 12.1. The average molecular weight is 646 g/mol. The highest BCUT2D eigenvalue weighted by Crippen LogP contribution is 2.59. The number of pyridine rings is 1. The molecular formula is C30H29BrN8O4. The van der Waals surface area contributed by atoms with E-state index in [1.54, 1.807) is 25.4 Å². The van der Waals surface area contributed by atoms with Crippen LogP contribution in [0, 0.1) is 26.2 Å². The number of hydrogen-bond acceptors (Lipinski definition) is 8. The minimum atomic E-state index is -0.949. The number of primary amides is 1. The first-order chi connectivity index (χ1) is 20.4. The Labute approximate surface area is 255 Å². The van der Waals surface area contributed by atoms with Gasteiger partial charge in [-0.25, -0.2) is 15.0 Å². The molecule has 1 saturated heterocycles. The summed E-state index contributed by atoms with van der Waals surface area (Å²) in [5, 5.41) is 7.96. The molecule has 220 valence electrons. The maximum Gasteiger partial charge on any atom is 0.248 e. The van der Waals surface area contributed by atoms with Crippen molar-refractivity contribution in [2.45, 2.75) is 59.2 Å². The summed E-state index contributed by atoms with van der Waals surface area (Å²) in [6.45, 7) is 6.68. The van der Waals surface area contributed by atoms with E-state index in [-0.39, 0.29) is 24.4 Å². The molecule has 3 amide bonds. The minimum Gasteiger partial charge on any atom is -0.369 e. The standard InChI is InChI=1S/C30H29BrN8O4/c1-14-5-6-23(31)35-27(14)36-28(42)21-9-30(29(32)43)10-22(30)39(21)24(41)13-38-26-15(2)7-18(19-11-33-17(4)34-12-19)8-20(26)25(37-38)16(3)40/h5-8,11-12,21-22H,9-10,13H2,1-4H3,(H2,32,43)(H,35,36,42)/t21-,22?,30+/m0/s1. The Hall–Kier alpha value is -4.52. The number of aryl methyl sites for hydroxylation is 3. The summed E-state index contributed by atoms with van der Waals surface area (Å²) in [6, 6.07) is 5.93. The smallest absolute Gasteiger partial charge is 0.248 e. The molecule has 2 aliphatic rings. The van der Waals surface area contributed by atoms with Crippen LogP contribution in [0.25, 0.3) is 22.0 Å². The van der Waals surface area contributed by atoms with Crippen LogP contribution >= 0.6 is 15.9 Å². The first-order valence-electron chi connectivity index (χ1n) is 13.8. The molecule has 1 saturated carbocycles. The van der Waals surface area contributed by atoms with E-state index in [0.717, 1.165) is 22.3 Å². The molecule has 3 N–H and O–H groups in total. The molecule has 4 heterocycles. The number of piperidine rings is 1. The Morgan fingerprint density at radius 1 is 1.05 bits per heavy atom. The predicted molar refractivity (Wildman–Crippen MR) is 161 cm³/mol. The van der Waals surface area contributed by atoms with Crippen LogP contribution < -0.4 is 11.1 Å². The van der Waals surface area contributed by atoms with Crippen LogP contribution in [0.3, 0.4) is 0 Å². The fourth-order valence-electron chi connectivity index (χ4n) is 6.11. The van der Waals surface area contributed by atoms with Crippen LogP contribution in [-0.4, -0.2) is 65.2 Å². The molecule has 1 unspecified atom stereocenters. The van der Waals surface area contributed by atoms with E-state index in [9.17, 15) is 19.2 Å². The van der Waals surface area contributed by atoms with E-state index in [1.165, 1.54) is 16.5 Å². The van der Waals surface area contributed by atoms with Crippen molar-refractivity contribution in [2.24, 2.45) is 11.1 Å². The van der Waals surface area contributed by atoms with Gasteiger partial charge in [0.1, 0.15) is 34.5 Å². The molecule has 6 rings (SSSR count). The third-order valence-corrected chi connectivity index (χ3v) is 8.86. The lowest BCUT2D eigenvalue weighted by Gasteiger charge is -2.27. The third-order valence-electron chi connectivity index (χ3n) is 8.42. The number of aromatic nitrogens is 5. The van der Waals surface area contributed by atoms with Gasteiger partial charge in [-0.15, -0.1) is 0 Å². The minimum absolute atomic E-state index is 0.122. The first-order valence-corrected chi connectivity index (χ1v) is 14.5. The van der Waals surface area contributed by atoms with Crippen LogP contribution in [0.1, 0.15) is 47.2 Å². The number of anilines is 1. The third kappa shape index (κ3) is 4.86. The van der Waals surface area contributed by atoms with Gasteiger partial charge in [0, 0.05) is 36.3 Å². The molecule has 1 aliphatic carbocycles. The van der Waals surface area contributed by atoms with E-state index in [4.69, 9.17) is 5.73 Å². The lowest BCUT2D eigenvalue weighted by atomic mass is 9.98. The molecule has 0 spiro atoms. The number of carbonyl (C=O) groups is 4. The Kier molecular flexibility index (Phi) is 6.87. The van der Waals surface area contributed by atoms with Crippen molar-refractivity contribution in [1.29, 1.82) is 0 Å². The largest absolute Gasteiger partial charge is 0.369 e. The highest BCUT2D eigenvalue weighted by molar-refractivity contribution is 9.10. The second kappa shape index (κ2) is 10.3. The molecule has 3 atom stereocenters. The van der Waals surface area contributed by atoms with Crippen molar-refractivity contribution in [2.75, 3.05) is 5.32 Å². The van der Waals surface area contributed by atoms with Crippen molar-refractivity contribution in [3.63, 3.8) is 0 Å². The van der Waals surface area contributed by atoms with Crippen molar-refractivity contribution < 1.29 is 19.2 Å². The molecular weight excluding hydrogens is 616 g/mol. The molecule has 0 radical (unpaired) electrons. The molecule has 12 nitrogen and oxygen atoms in total. The van der Waals surface area contributed by atoms with Gasteiger partial charge >= 0.3 is 0 Å². The Morgan fingerprint density at radius 2 is 1.77 bits per heavy atom. The summed E-state index contributed by atoms with van der Waals surface area (Å²) in [5.41, 5.74) is 8.80. The van der Waals surface area contributed by atoms with Crippen molar-refractivity contribution in [3.05, 3.63) is 63.9 Å². The van der Waals surface area contributed by atoms with Gasteiger partial charge in [0.2, 0.25) is 17.7 Å². The number of nitrogens with zero attached hydrogens (tertiary/aromatic N) is 6. The summed E-state index contributed by atoms with van der Waals surface area (Å²) < 4.78 is 2.05. The SMILES string of the molecule is CC(=O)c1nn(CC(=O)N2C3C[C@]3(C(N)=O)C[C@H]2C(=O)Nc2nc(Br)ccc2C)c2c(C)cc(-c3cnc(C)nc3)cc12. The molecule has 4 aromatic rings. The molecule has 1 aliphatic heterocycles. The fourth-order valence-corrected chi connectivity index (χ4v) is 6.42. The number of halogens is 1. The average Bonchev–Trinajstić information content (AvgIpc) is 3.39. The van der Waals surface area contributed by atoms with Crippen LogP contribution in [0.5, 0.6) is 0 Å². The topological polar surface area (TPSA) is 166 Å². The molecule has 1 aromatic carbocycles. The zero-order chi connectivity index (χ0) is 30.8. The number of nitrogens with one attached hydrogen (secondary N) is 1. The van der Waals surface area contributed by atoms with E-state index < -0.39 is 35.2 Å². The van der Waals surface area contributed by atoms with Gasteiger partial charge in [0.15, 0.2) is 5.78 Å². The number of hydrogen-bond donors (Lipinski definition) is 2. The fraction of sp³-hybridized carbons (Fsp3) is 0.333. The number of nitrogens with two attached hydrogens (primary N) is 1. The summed E-state index contributed by atoms with van der Waals surface area (Å²) in [4.78, 5) is 67.0. The molecule has 2 fully saturated rings. The number of benzene rings is 1. The van der Waals surface area contributed by atoms with Gasteiger partial charge in [-0.3, -0.25) is 23.9 Å². The highest BCUT2D eigenvalue weighted by Gasteiger charge is 2.70. The Balaban J connectivity index is 1.34. The van der Waals surface area contributed by atoms with Crippen molar-refractivity contribution in [3.8, 4) is 11.1 Å².